The number of hydrogen-bond donors (Lipinski definition) is 2. The molecule has 59 heavy (non-hydrogen) atoms. The third-order valence-electron chi connectivity index (χ3n) is 9.00. The molecule has 4 saturated heterocycles. The van der Waals surface area contributed by atoms with Gasteiger partial charge in [-0.1, -0.05) is 0 Å². The molecule has 8 radical (unpaired) electrons. The molecule has 0 aliphatic carbocycles. The second-order valence-corrected chi connectivity index (χ2v) is 20.4. The predicted molar refractivity (Wildman–Crippen MR) is 230 cm³/mol. The summed E-state index contributed by atoms with van der Waals surface area (Å²) in [5.41, 5.74) is 0. The zero-order chi connectivity index (χ0) is 45.1. The van der Waals surface area contributed by atoms with Gasteiger partial charge in [0.25, 0.3) is 0 Å². The summed E-state index contributed by atoms with van der Waals surface area (Å²) < 4.78 is 82.8. The van der Waals surface area contributed by atoms with Crippen LogP contribution in [0.2, 0.25) is 0 Å². The quantitative estimate of drug-likeness (QED) is 0.142. The van der Waals surface area contributed by atoms with E-state index in [-0.39, 0.29) is 86.3 Å². The molecule has 16 nitrogen and oxygen atoms in total. The molecule has 4 rings (SSSR count). The zero-order valence-corrected chi connectivity index (χ0v) is 39.5. The van der Waals surface area contributed by atoms with E-state index in [1.165, 1.54) is 6.66 Å². The molecule has 13 atom stereocenters. The molecule has 0 bridgehead atoms. The van der Waals surface area contributed by atoms with Crippen LogP contribution in [0.1, 0.15) is 81.1 Å². The Morgan fingerprint density at radius 2 is 0.983 bits per heavy atom. The van der Waals surface area contributed by atoms with Gasteiger partial charge in [0.1, 0.15) is 62.5 Å². The molecule has 0 aromatic carbocycles. The predicted octanol–water partition coefficient (Wildman–Crippen LogP) is 3.43. The molecule has 4 fully saturated rings. The maximum atomic E-state index is 12.8. The van der Waals surface area contributed by atoms with Gasteiger partial charge in [-0.3, -0.25) is 4.57 Å². The lowest BCUT2D eigenvalue weighted by molar-refractivity contribution is -0.0603. The summed E-state index contributed by atoms with van der Waals surface area (Å²) in [6, 6.07) is -1.51. The zero-order valence-electron chi connectivity index (χ0n) is 37.7. The van der Waals surface area contributed by atoms with E-state index in [0.717, 1.165) is 0 Å². The van der Waals surface area contributed by atoms with Crippen molar-refractivity contribution in [3.63, 3.8) is 0 Å². The van der Waals surface area contributed by atoms with E-state index < -0.39 is 39.8 Å². The van der Waals surface area contributed by atoms with Crippen LogP contribution in [0.3, 0.4) is 0 Å². The van der Waals surface area contributed by atoms with Crippen molar-refractivity contribution in [3.8, 4) is 0 Å². The van der Waals surface area contributed by atoms with Crippen LogP contribution in [-0.4, -0.2) is 200 Å². The monoisotopic (exact) mass is 879 g/mol. The molecule has 22 heteroatoms. The van der Waals surface area contributed by atoms with Gasteiger partial charge in [-0.05, 0) is 81.1 Å². The molecule has 1 unspecified atom stereocenters. The number of hydrogen-bond acceptors (Lipinski definition) is 16. The van der Waals surface area contributed by atoms with E-state index in [1.807, 2.05) is 55.4 Å². The van der Waals surface area contributed by atoms with Gasteiger partial charge in [0.05, 0.1) is 96.6 Å². The Bertz CT molecular complexity index is 1140. The van der Waals surface area contributed by atoms with Crippen LogP contribution < -0.4 is 0 Å². The van der Waals surface area contributed by atoms with Crippen LogP contribution in [-0.2, 0) is 65.1 Å². The van der Waals surface area contributed by atoms with Crippen molar-refractivity contribution in [2.75, 3.05) is 61.1 Å². The van der Waals surface area contributed by atoms with Crippen LogP contribution in [0.5, 0.6) is 0 Å². The number of rotatable bonds is 19. The second kappa shape index (κ2) is 29.0. The van der Waals surface area contributed by atoms with Crippen molar-refractivity contribution < 1.29 is 75.3 Å². The van der Waals surface area contributed by atoms with Crippen molar-refractivity contribution in [2.24, 2.45) is 0 Å². The van der Waals surface area contributed by atoms with Gasteiger partial charge in [0.15, 0.2) is 0 Å². The highest BCUT2D eigenvalue weighted by Crippen LogP contribution is 2.56. The summed E-state index contributed by atoms with van der Waals surface area (Å²) in [5, 5.41) is 18.3. The average Bonchev–Trinajstić information content (AvgIpc) is 3.88. The fraction of sp³-hybridized carbons (Fsp3) is 1.00. The van der Waals surface area contributed by atoms with Crippen molar-refractivity contribution in [2.45, 2.75) is 178 Å². The second-order valence-electron chi connectivity index (χ2n) is 15.8. The highest BCUT2D eigenvalue weighted by atomic mass is 31.2. The first-order chi connectivity index (χ1) is 27.5. The van der Waals surface area contributed by atoms with Crippen molar-refractivity contribution in [3.05, 3.63) is 0 Å². The maximum absolute atomic E-state index is 12.8. The molecule has 4 heterocycles. The van der Waals surface area contributed by atoms with Gasteiger partial charge >= 0.3 is 15.5 Å². The molecule has 0 aromatic rings. The fourth-order valence-electron chi connectivity index (χ4n) is 5.99. The number of aliphatic hydroxyl groups excluding tert-OH is 2. The van der Waals surface area contributed by atoms with E-state index >= 15 is 0 Å². The minimum atomic E-state index is -3.35. The van der Waals surface area contributed by atoms with E-state index in [4.69, 9.17) is 97.0 Å². The highest BCUT2D eigenvalue weighted by molar-refractivity contribution is 7.60. The lowest BCUT2D eigenvalue weighted by atomic mass is 9.96. The molecule has 0 spiro atoms. The fourth-order valence-corrected chi connectivity index (χ4v) is 7.63. The molecule has 0 amide bonds. The number of ether oxygens (including phenoxy) is 8. The van der Waals surface area contributed by atoms with Gasteiger partial charge in [-0.2, -0.15) is 13.6 Å². The lowest BCUT2D eigenvalue weighted by Gasteiger charge is -2.26. The summed E-state index contributed by atoms with van der Waals surface area (Å²) >= 11 is 0. The van der Waals surface area contributed by atoms with Gasteiger partial charge in [-0.25, -0.2) is 0 Å². The van der Waals surface area contributed by atoms with Gasteiger partial charge in [0.2, 0.25) is 0 Å². The summed E-state index contributed by atoms with van der Waals surface area (Å²) in [6.45, 7) is 19.6. The molecule has 0 aromatic heterocycles. The first kappa shape index (κ1) is 57.3. The van der Waals surface area contributed by atoms with Crippen LogP contribution >= 0.6 is 15.5 Å². The summed E-state index contributed by atoms with van der Waals surface area (Å²) in [5.74, 6) is 0. The molecule has 4 aliphatic heterocycles. The molecule has 338 valence electrons. The average molecular weight is 879 g/mol. The minimum Gasteiger partial charge on any atom is -0.394 e. The van der Waals surface area contributed by atoms with E-state index in [0.29, 0.717) is 38.9 Å². The first-order valence-corrected chi connectivity index (χ1v) is 24.4. The molecule has 0 saturated carbocycles. The van der Waals surface area contributed by atoms with Crippen LogP contribution in [0.15, 0.2) is 0 Å². The topological polar surface area (TPSA) is 178 Å². The van der Waals surface area contributed by atoms with Crippen molar-refractivity contribution >= 4 is 46.9 Å². The maximum Gasteiger partial charge on any atom is 0.407 e. The summed E-state index contributed by atoms with van der Waals surface area (Å²) in [7, 11) is 22.2. The van der Waals surface area contributed by atoms with Crippen LogP contribution in [0.4, 0.5) is 0 Å². The normalized spacial score (nSPS) is 33.1. The Labute approximate surface area is 360 Å². The minimum absolute atomic E-state index is 0.0227. The third kappa shape index (κ3) is 23.7. The van der Waals surface area contributed by atoms with Gasteiger partial charge in [0, 0.05) is 30.7 Å². The Morgan fingerprint density at radius 3 is 1.36 bits per heavy atom. The van der Waals surface area contributed by atoms with Crippen LogP contribution in [0, 0.1) is 0 Å². The van der Waals surface area contributed by atoms with Gasteiger partial charge < -0.3 is 57.2 Å². The summed E-state index contributed by atoms with van der Waals surface area (Å²) in [6.07, 6.45) is 0.137. The number of aliphatic hydroxyl groups is 2. The Morgan fingerprint density at radius 1 is 0.610 bits per heavy atom. The van der Waals surface area contributed by atoms with E-state index in [1.54, 1.807) is 28.0 Å². The largest absolute Gasteiger partial charge is 0.407 e. The lowest BCUT2D eigenvalue weighted by Crippen LogP contribution is -2.32. The molecular formula is C37H73B4O16P2+. The Hall–Kier alpha value is 0.320. The SMILES string of the molecule is CO[P+](C)(OC)OC.[B][C@H]1C[C@@H](O)[C@@H](COC(C)C)O1.[B][C@H]1C[C@@H](OC(C)C)[C@@H](CO)O1.[B][C@H]1C[C@@H](OC(C)C)[C@@H](COP(C)(=O)O[C@@H]2C[C@H]([B])O[C@@H]2COC(C)C)O1. The molecule has 4 aliphatic rings. The standard InChI is InChI=1S/C17H31B2O7P.2C8H15BO3.C4H12O3P/c1-10(2)21-8-14-13(7-17(19)24-14)26-27(5,20)22-9-15-12(23-11(3)4)6-16(18)25-15;1-5(2)11-4-7-6(10)3-8(9)12-7;1-5(2)11-6-3-8(9)12-7(6)4-10;1-5-8(4,6-2)7-3/h10-17H,6-9H2,1-5H3;2*5-8,10H,3-4H2,1-2H3;1-4H3/q;;;+1/t12-,13-,14-,15-,16-,17-,27?;2*6-,7-,8-;/m111./s1. The molecular weight excluding hydrogens is 806 g/mol. The Kier molecular flexibility index (Phi) is 28.2. The first-order valence-electron chi connectivity index (χ1n) is 20.4. The van der Waals surface area contributed by atoms with Gasteiger partial charge in [-0.15, -0.1) is 0 Å². The highest BCUT2D eigenvalue weighted by Gasteiger charge is 2.40. The van der Waals surface area contributed by atoms with E-state index in [2.05, 4.69) is 0 Å². The smallest absolute Gasteiger partial charge is 0.394 e. The third-order valence-corrected chi connectivity index (χ3v) is 12.3. The van der Waals surface area contributed by atoms with Crippen LogP contribution in [0.25, 0.3) is 0 Å². The molecule has 2 N–H and O–H groups in total. The van der Waals surface area contributed by atoms with Crippen molar-refractivity contribution in [1.82, 2.24) is 0 Å². The summed E-state index contributed by atoms with van der Waals surface area (Å²) in [4.78, 5) is 0. The Balaban J connectivity index is 0.000000449. The van der Waals surface area contributed by atoms with Crippen molar-refractivity contribution in [1.29, 1.82) is 0 Å². The van der Waals surface area contributed by atoms with E-state index in [9.17, 15) is 9.67 Å².